The van der Waals surface area contributed by atoms with Crippen LogP contribution in [0, 0.1) is 0 Å². The number of fused-ring (bicyclic) bond motifs is 2. The highest BCUT2D eigenvalue weighted by Crippen LogP contribution is 2.28. The van der Waals surface area contributed by atoms with Crippen molar-refractivity contribution in [3.63, 3.8) is 0 Å². The summed E-state index contributed by atoms with van der Waals surface area (Å²) >= 11 is 0. The summed E-state index contributed by atoms with van der Waals surface area (Å²) in [6.45, 7) is 2.43. The number of rotatable bonds is 2. The molecule has 2 aliphatic heterocycles. The molecule has 8 nitrogen and oxygen atoms in total. The number of carbonyl (C=O) groups excluding carboxylic acids is 2. The fourth-order valence-corrected chi connectivity index (χ4v) is 4.38. The number of hydrogen-bond donors (Lipinski definition) is 0. The van der Waals surface area contributed by atoms with Gasteiger partial charge in [0.25, 0.3) is 11.8 Å². The summed E-state index contributed by atoms with van der Waals surface area (Å²) < 4.78 is 3.59. The Kier molecular flexibility index (Phi) is 4.42. The van der Waals surface area contributed by atoms with Crippen molar-refractivity contribution < 1.29 is 9.59 Å². The molecule has 8 heteroatoms. The van der Waals surface area contributed by atoms with Crippen LogP contribution in [0.15, 0.2) is 36.4 Å². The molecule has 2 aliphatic rings. The summed E-state index contributed by atoms with van der Waals surface area (Å²) in [6, 6.07) is 11.8. The summed E-state index contributed by atoms with van der Waals surface area (Å²) in [6.07, 6.45) is 1.49. The van der Waals surface area contributed by atoms with Crippen LogP contribution < -0.4 is 0 Å². The van der Waals surface area contributed by atoms with E-state index in [4.69, 9.17) is 5.10 Å². The third-order valence-electron chi connectivity index (χ3n) is 6.07. The molecule has 0 fully saturated rings. The number of likely N-dealkylation sites (N-methyl/N-ethyl adjacent to an activating group) is 1. The minimum atomic E-state index is -0.116. The standard InChI is InChI=1S/C22H24N6O2/c1-25-12-13-28-19(22(25)30)14-17(23-28)21(29)27-10-8-16-18(9-11-27)26(2)24-20(16)15-6-4-3-5-7-15/h3-7,14H,8-13H2,1-2H3. The van der Waals surface area contributed by atoms with Crippen molar-refractivity contribution in [1.29, 1.82) is 0 Å². The minimum Gasteiger partial charge on any atom is -0.339 e. The Morgan fingerprint density at radius 1 is 0.967 bits per heavy atom. The predicted molar refractivity (Wildman–Crippen MR) is 111 cm³/mol. The van der Waals surface area contributed by atoms with Gasteiger partial charge in [-0.1, -0.05) is 30.3 Å². The number of benzene rings is 1. The molecule has 2 amide bonds. The van der Waals surface area contributed by atoms with E-state index in [1.54, 1.807) is 22.7 Å². The zero-order chi connectivity index (χ0) is 20.8. The number of hydrogen-bond acceptors (Lipinski definition) is 4. The molecule has 0 saturated carbocycles. The molecule has 0 atom stereocenters. The number of carbonyl (C=O) groups is 2. The van der Waals surface area contributed by atoms with Crippen LogP contribution in [0.25, 0.3) is 11.3 Å². The van der Waals surface area contributed by atoms with Gasteiger partial charge in [0, 0.05) is 63.0 Å². The SMILES string of the molecule is CN1CCn2nc(C(=O)N3CCc4c(-c5ccccc5)nn(C)c4CC3)cc2C1=O. The van der Waals surface area contributed by atoms with Crippen LogP contribution in [0.2, 0.25) is 0 Å². The van der Waals surface area contributed by atoms with Gasteiger partial charge in [0.1, 0.15) is 5.69 Å². The Bertz CT molecular complexity index is 1130. The van der Waals surface area contributed by atoms with Crippen LogP contribution in [0.4, 0.5) is 0 Å². The largest absolute Gasteiger partial charge is 0.339 e. The Balaban J connectivity index is 1.39. The van der Waals surface area contributed by atoms with Crippen molar-refractivity contribution in [3.8, 4) is 11.3 Å². The molecule has 0 N–H and O–H groups in total. The maximum absolute atomic E-state index is 13.2. The Morgan fingerprint density at radius 3 is 2.53 bits per heavy atom. The van der Waals surface area contributed by atoms with E-state index < -0.39 is 0 Å². The molecule has 0 spiro atoms. The molecule has 4 heterocycles. The number of amides is 2. The van der Waals surface area contributed by atoms with Gasteiger partial charge in [-0.3, -0.25) is 19.0 Å². The van der Waals surface area contributed by atoms with Gasteiger partial charge in [-0.05, 0) is 6.42 Å². The lowest BCUT2D eigenvalue weighted by atomic mass is 10.0. The van der Waals surface area contributed by atoms with E-state index in [9.17, 15) is 9.59 Å². The molecule has 5 rings (SSSR count). The molecule has 0 aliphatic carbocycles. The Hall–Kier alpha value is -3.42. The molecule has 30 heavy (non-hydrogen) atoms. The van der Waals surface area contributed by atoms with E-state index in [2.05, 4.69) is 17.2 Å². The van der Waals surface area contributed by atoms with Crippen LogP contribution in [0.3, 0.4) is 0 Å². The van der Waals surface area contributed by atoms with Crippen molar-refractivity contribution in [3.05, 3.63) is 59.0 Å². The maximum atomic E-state index is 13.2. The third kappa shape index (κ3) is 2.99. The number of nitrogens with zero attached hydrogens (tertiary/aromatic N) is 6. The summed E-state index contributed by atoms with van der Waals surface area (Å²) in [5, 5.41) is 9.17. The predicted octanol–water partition coefficient (Wildman–Crippen LogP) is 1.61. The lowest BCUT2D eigenvalue weighted by Gasteiger charge is -2.22. The van der Waals surface area contributed by atoms with Crippen molar-refractivity contribution in [1.82, 2.24) is 29.4 Å². The van der Waals surface area contributed by atoms with Crippen LogP contribution in [-0.4, -0.2) is 67.9 Å². The lowest BCUT2D eigenvalue weighted by Crippen LogP contribution is -2.37. The van der Waals surface area contributed by atoms with E-state index in [1.807, 2.05) is 34.8 Å². The Morgan fingerprint density at radius 2 is 1.73 bits per heavy atom. The van der Waals surface area contributed by atoms with Crippen LogP contribution in [0.1, 0.15) is 32.2 Å². The zero-order valence-corrected chi connectivity index (χ0v) is 17.2. The molecule has 1 aromatic carbocycles. The quantitative estimate of drug-likeness (QED) is 0.650. The monoisotopic (exact) mass is 404 g/mol. The molecule has 0 bridgehead atoms. The van der Waals surface area contributed by atoms with Crippen LogP contribution >= 0.6 is 0 Å². The first-order valence-corrected chi connectivity index (χ1v) is 10.3. The summed E-state index contributed by atoms with van der Waals surface area (Å²) in [7, 11) is 3.74. The molecular weight excluding hydrogens is 380 g/mol. The first kappa shape index (κ1) is 18.6. The Labute approximate surface area is 174 Å². The highest BCUT2D eigenvalue weighted by Gasteiger charge is 2.29. The highest BCUT2D eigenvalue weighted by atomic mass is 16.2. The second-order valence-electron chi connectivity index (χ2n) is 7.92. The van der Waals surface area contributed by atoms with Crippen LogP contribution in [0.5, 0.6) is 0 Å². The van der Waals surface area contributed by atoms with Gasteiger partial charge in [0.05, 0.1) is 12.2 Å². The van der Waals surface area contributed by atoms with E-state index in [0.717, 1.165) is 24.1 Å². The fraction of sp³-hybridized carbons (Fsp3) is 0.364. The minimum absolute atomic E-state index is 0.0883. The van der Waals surface area contributed by atoms with E-state index in [-0.39, 0.29) is 11.8 Å². The smallest absolute Gasteiger partial charge is 0.274 e. The maximum Gasteiger partial charge on any atom is 0.274 e. The van der Waals surface area contributed by atoms with Gasteiger partial charge in [-0.2, -0.15) is 10.2 Å². The van der Waals surface area contributed by atoms with E-state index in [1.165, 1.54) is 11.3 Å². The molecule has 0 saturated heterocycles. The van der Waals surface area contributed by atoms with Gasteiger partial charge in [0.2, 0.25) is 0 Å². The normalized spacial score (nSPS) is 16.3. The lowest BCUT2D eigenvalue weighted by molar-refractivity contribution is 0.0734. The molecule has 154 valence electrons. The molecule has 3 aromatic rings. The van der Waals surface area contributed by atoms with Crippen LogP contribution in [-0.2, 0) is 26.4 Å². The van der Waals surface area contributed by atoms with E-state index in [0.29, 0.717) is 37.6 Å². The summed E-state index contributed by atoms with van der Waals surface area (Å²) in [5.74, 6) is -0.205. The third-order valence-corrected chi connectivity index (χ3v) is 6.07. The van der Waals surface area contributed by atoms with Gasteiger partial charge in [-0.25, -0.2) is 0 Å². The first-order chi connectivity index (χ1) is 14.5. The second-order valence-corrected chi connectivity index (χ2v) is 7.92. The second kappa shape index (κ2) is 7.12. The van der Waals surface area contributed by atoms with Crippen molar-refractivity contribution in [2.75, 3.05) is 26.7 Å². The van der Waals surface area contributed by atoms with Crippen molar-refractivity contribution >= 4 is 11.8 Å². The van der Waals surface area contributed by atoms with Gasteiger partial charge in [-0.15, -0.1) is 0 Å². The molecular formula is C22H24N6O2. The van der Waals surface area contributed by atoms with E-state index >= 15 is 0 Å². The van der Waals surface area contributed by atoms with Crippen molar-refractivity contribution in [2.45, 2.75) is 19.4 Å². The average Bonchev–Trinajstić information content (AvgIpc) is 3.25. The topological polar surface area (TPSA) is 76.3 Å². The molecule has 2 aromatic heterocycles. The van der Waals surface area contributed by atoms with Gasteiger partial charge in [0.15, 0.2) is 5.69 Å². The van der Waals surface area contributed by atoms with Gasteiger partial charge >= 0.3 is 0 Å². The fourth-order valence-electron chi connectivity index (χ4n) is 4.38. The molecule has 0 unspecified atom stereocenters. The average molecular weight is 404 g/mol. The summed E-state index contributed by atoms with van der Waals surface area (Å²) in [5.41, 5.74) is 5.30. The van der Waals surface area contributed by atoms with Crippen molar-refractivity contribution in [2.24, 2.45) is 7.05 Å². The summed E-state index contributed by atoms with van der Waals surface area (Å²) in [4.78, 5) is 29.0. The number of aromatic nitrogens is 4. The highest BCUT2D eigenvalue weighted by molar-refractivity contribution is 5.98. The van der Waals surface area contributed by atoms with Gasteiger partial charge < -0.3 is 9.80 Å². The first-order valence-electron chi connectivity index (χ1n) is 10.3. The number of aryl methyl sites for hydroxylation is 1. The molecule has 0 radical (unpaired) electrons. The zero-order valence-electron chi connectivity index (χ0n) is 17.2.